The van der Waals surface area contributed by atoms with Crippen molar-refractivity contribution in [1.29, 1.82) is 0 Å². The van der Waals surface area contributed by atoms with Gasteiger partial charge in [-0.1, -0.05) is 24.3 Å². The minimum Gasteiger partial charge on any atom is -0.478 e. The molecule has 0 atom stereocenters. The normalized spacial score (nSPS) is 11.3. The van der Waals surface area contributed by atoms with Crippen molar-refractivity contribution in [2.24, 2.45) is 0 Å². The average Bonchev–Trinajstić information content (AvgIpc) is 2.81. The molecule has 0 radical (unpaired) electrons. The van der Waals surface area contributed by atoms with Crippen LogP contribution < -0.4 is 0 Å². The molecule has 108 valence electrons. The van der Waals surface area contributed by atoms with Gasteiger partial charge in [0.2, 0.25) is 0 Å². The molecule has 0 bridgehead atoms. The third-order valence-electron chi connectivity index (χ3n) is 3.75. The molecule has 0 spiro atoms. The van der Waals surface area contributed by atoms with Crippen molar-refractivity contribution < 1.29 is 14.6 Å². The third-order valence-corrected chi connectivity index (χ3v) is 3.75. The summed E-state index contributed by atoms with van der Waals surface area (Å²) in [6.45, 7) is 1.49. The van der Waals surface area contributed by atoms with Crippen LogP contribution in [0.25, 0.3) is 21.8 Å². The number of benzene rings is 2. The predicted octanol–water partition coefficient (Wildman–Crippen LogP) is 3.53. The van der Waals surface area contributed by atoms with Crippen LogP contribution >= 0.6 is 0 Å². The van der Waals surface area contributed by atoms with Crippen LogP contribution in [0.3, 0.4) is 0 Å². The number of aryl methyl sites for hydroxylation is 1. The molecule has 0 aliphatic rings. The largest absolute Gasteiger partial charge is 0.478 e. The number of ether oxygens (including phenoxy) is 1. The van der Waals surface area contributed by atoms with Gasteiger partial charge < -0.3 is 14.4 Å². The standard InChI is InChI=1S/C17H17NO3/c1-21-10-4-9-18-15-6-3-2-5-13(15)14-8-7-12(17(19)20)11-16(14)18/h2-3,5-8,11H,4,9-10H2,1H3,(H,19,20). The van der Waals surface area contributed by atoms with Gasteiger partial charge in [0.15, 0.2) is 0 Å². The van der Waals surface area contributed by atoms with Gasteiger partial charge in [0, 0.05) is 42.1 Å². The van der Waals surface area contributed by atoms with Gasteiger partial charge in [0.1, 0.15) is 0 Å². The molecule has 0 unspecified atom stereocenters. The second-order valence-corrected chi connectivity index (χ2v) is 5.05. The Bertz CT molecular complexity index is 804. The first-order valence-electron chi connectivity index (χ1n) is 6.95. The number of hydrogen-bond acceptors (Lipinski definition) is 2. The van der Waals surface area contributed by atoms with E-state index in [0.29, 0.717) is 12.2 Å². The molecule has 0 amide bonds. The van der Waals surface area contributed by atoms with E-state index >= 15 is 0 Å². The Balaban J connectivity index is 2.22. The highest BCUT2D eigenvalue weighted by molar-refractivity contribution is 6.09. The van der Waals surface area contributed by atoms with E-state index in [1.807, 2.05) is 18.2 Å². The molecule has 0 fully saturated rings. The monoisotopic (exact) mass is 283 g/mol. The maximum absolute atomic E-state index is 11.2. The average molecular weight is 283 g/mol. The summed E-state index contributed by atoms with van der Waals surface area (Å²) in [5.41, 5.74) is 2.41. The quantitative estimate of drug-likeness (QED) is 0.729. The Kier molecular flexibility index (Phi) is 3.62. The SMILES string of the molecule is COCCCn1c2ccccc2c2ccc(C(=O)O)cc21. The molecular weight excluding hydrogens is 266 g/mol. The van der Waals surface area contributed by atoms with Crippen molar-refractivity contribution in [3.05, 3.63) is 48.0 Å². The zero-order valence-corrected chi connectivity index (χ0v) is 11.9. The number of hydrogen-bond donors (Lipinski definition) is 1. The van der Waals surface area contributed by atoms with Crippen LogP contribution in [-0.2, 0) is 11.3 Å². The molecule has 1 aromatic heterocycles. The highest BCUT2D eigenvalue weighted by Crippen LogP contribution is 2.29. The number of nitrogens with zero attached hydrogens (tertiary/aromatic N) is 1. The van der Waals surface area contributed by atoms with E-state index in [1.54, 1.807) is 19.2 Å². The van der Waals surface area contributed by atoms with Gasteiger partial charge in [-0.15, -0.1) is 0 Å². The van der Waals surface area contributed by atoms with Gasteiger partial charge in [-0.25, -0.2) is 4.79 Å². The highest BCUT2D eigenvalue weighted by Gasteiger charge is 2.12. The second-order valence-electron chi connectivity index (χ2n) is 5.05. The summed E-state index contributed by atoms with van der Waals surface area (Å²) in [7, 11) is 1.69. The van der Waals surface area contributed by atoms with E-state index < -0.39 is 5.97 Å². The number of aromatic nitrogens is 1. The lowest BCUT2D eigenvalue weighted by Crippen LogP contribution is -2.02. The van der Waals surface area contributed by atoms with E-state index in [0.717, 1.165) is 34.8 Å². The van der Waals surface area contributed by atoms with E-state index in [4.69, 9.17) is 4.74 Å². The molecule has 0 aliphatic carbocycles. The fourth-order valence-electron chi connectivity index (χ4n) is 2.79. The van der Waals surface area contributed by atoms with Crippen LogP contribution in [0.2, 0.25) is 0 Å². The molecule has 0 aliphatic heterocycles. The Morgan fingerprint density at radius 2 is 1.90 bits per heavy atom. The zero-order chi connectivity index (χ0) is 14.8. The Hall–Kier alpha value is -2.33. The summed E-state index contributed by atoms with van der Waals surface area (Å²) in [6.07, 6.45) is 0.890. The summed E-state index contributed by atoms with van der Waals surface area (Å²) in [5.74, 6) is -0.898. The summed E-state index contributed by atoms with van der Waals surface area (Å²) in [4.78, 5) is 11.2. The van der Waals surface area contributed by atoms with Gasteiger partial charge in [-0.3, -0.25) is 0 Å². The molecule has 4 nitrogen and oxygen atoms in total. The molecule has 3 rings (SSSR count). The number of rotatable bonds is 5. The molecular formula is C17H17NO3. The lowest BCUT2D eigenvalue weighted by molar-refractivity contribution is 0.0697. The topological polar surface area (TPSA) is 51.5 Å². The summed E-state index contributed by atoms with van der Waals surface area (Å²) < 4.78 is 7.30. The van der Waals surface area contributed by atoms with Gasteiger partial charge in [-0.2, -0.15) is 0 Å². The van der Waals surface area contributed by atoms with Crippen LogP contribution in [0, 0.1) is 0 Å². The second kappa shape index (κ2) is 5.58. The lowest BCUT2D eigenvalue weighted by atomic mass is 10.1. The van der Waals surface area contributed by atoms with Gasteiger partial charge in [-0.05, 0) is 24.6 Å². The molecule has 2 aromatic carbocycles. The number of carboxylic acid groups (broad SMARTS) is 1. The number of para-hydroxylation sites is 1. The molecule has 4 heteroatoms. The van der Waals surface area contributed by atoms with Crippen LogP contribution in [0.5, 0.6) is 0 Å². The van der Waals surface area contributed by atoms with Crippen molar-refractivity contribution >= 4 is 27.8 Å². The van der Waals surface area contributed by atoms with Crippen LogP contribution in [0.1, 0.15) is 16.8 Å². The van der Waals surface area contributed by atoms with Gasteiger partial charge in [0.25, 0.3) is 0 Å². The fourth-order valence-corrected chi connectivity index (χ4v) is 2.79. The zero-order valence-electron chi connectivity index (χ0n) is 11.9. The number of aromatic carboxylic acids is 1. The van der Waals surface area contributed by atoms with Crippen LogP contribution in [0.4, 0.5) is 0 Å². The maximum Gasteiger partial charge on any atom is 0.335 e. The van der Waals surface area contributed by atoms with E-state index in [-0.39, 0.29) is 0 Å². The maximum atomic E-state index is 11.2. The predicted molar refractivity (Wildman–Crippen MR) is 82.9 cm³/mol. The summed E-state index contributed by atoms with van der Waals surface area (Å²) in [6, 6.07) is 13.5. The van der Waals surface area contributed by atoms with Crippen LogP contribution in [0.15, 0.2) is 42.5 Å². The van der Waals surface area contributed by atoms with Crippen molar-refractivity contribution in [3.63, 3.8) is 0 Å². The first kappa shape index (κ1) is 13.6. The minimum atomic E-state index is -0.898. The van der Waals surface area contributed by atoms with Crippen molar-refractivity contribution in [2.45, 2.75) is 13.0 Å². The Labute approximate surface area is 122 Å². The number of methoxy groups -OCH3 is 1. The summed E-state index contributed by atoms with van der Waals surface area (Å²) in [5, 5.41) is 11.4. The number of carboxylic acids is 1. The summed E-state index contributed by atoms with van der Waals surface area (Å²) >= 11 is 0. The molecule has 1 N–H and O–H groups in total. The molecule has 0 saturated heterocycles. The van der Waals surface area contributed by atoms with Gasteiger partial charge >= 0.3 is 5.97 Å². The molecule has 1 heterocycles. The number of fused-ring (bicyclic) bond motifs is 3. The van der Waals surface area contributed by atoms with Gasteiger partial charge in [0.05, 0.1) is 5.56 Å². The lowest BCUT2D eigenvalue weighted by Gasteiger charge is -2.07. The van der Waals surface area contributed by atoms with E-state index in [1.165, 1.54) is 0 Å². The van der Waals surface area contributed by atoms with Crippen molar-refractivity contribution in [1.82, 2.24) is 4.57 Å². The smallest absolute Gasteiger partial charge is 0.335 e. The molecule has 21 heavy (non-hydrogen) atoms. The molecule has 0 saturated carbocycles. The minimum absolute atomic E-state index is 0.318. The number of carbonyl (C=O) groups is 1. The molecule has 3 aromatic rings. The van der Waals surface area contributed by atoms with Crippen molar-refractivity contribution in [3.8, 4) is 0 Å². The Morgan fingerprint density at radius 3 is 2.67 bits per heavy atom. The fraction of sp³-hybridized carbons (Fsp3) is 0.235. The van der Waals surface area contributed by atoms with Crippen molar-refractivity contribution in [2.75, 3.05) is 13.7 Å². The van der Waals surface area contributed by atoms with E-state index in [9.17, 15) is 9.90 Å². The first-order chi connectivity index (χ1) is 10.2. The van der Waals surface area contributed by atoms with Crippen LogP contribution in [-0.4, -0.2) is 29.4 Å². The first-order valence-corrected chi connectivity index (χ1v) is 6.95. The Morgan fingerprint density at radius 1 is 1.14 bits per heavy atom. The van der Waals surface area contributed by atoms with E-state index in [2.05, 4.69) is 16.7 Å². The third kappa shape index (κ3) is 2.38. The highest BCUT2D eigenvalue weighted by atomic mass is 16.5.